The molecule has 0 aliphatic heterocycles. The normalized spacial score (nSPS) is 12.2. The van der Waals surface area contributed by atoms with Gasteiger partial charge in [-0.2, -0.15) is 0 Å². The first kappa shape index (κ1) is 11.1. The van der Waals surface area contributed by atoms with Crippen molar-refractivity contribution in [3.63, 3.8) is 0 Å². The molecule has 0 rings (SSSR count). The lowest BCUT2D eigenvalue weighted by Crippen LogP contribution is -2.25. The molecule has 0 aromatic rings. The van der Waals surface area contributed by atoms with Crippen LogP contribution in [0.3, 0.4) is 0 Å². The van der Waals surface area contributed by atoms with Crippen molar-refractivity contribution in [2.75, 3.05) is 19.8 Å². The van der Waals surface area contributed by atoms with E-state index in [0.717, 1.165) is 6.08 Å². The molecule has 0 heterocycles. The Kier molecular flexibility index (Phi) is 6.26. The second-order valence-corrected chi connectivity index (χ2v) is 1.85. The van der Waals surface area contributed by atoms with Gasteiger partial charge in [0.05, 0.1) is 13.2 Å². The molecule has 0 aliphatic carbocycles. The fraction of sp³-hybridized carbons (Fsp3) is 0.571. The van der Waals surface area contributed by atoms with Crippen molar-refractivity contribution in [1.82, 2.24) is 0 Å². The van der Waals surface area contributed by atoms with Gasteiger partial charge >= 0.3 is 5.97 Å². The average molecular weight is 176 g/mol. The molecule has 0 radical (unpaired) electrons. The third kappa shape index (κ3) is 4.84. The quantitative estimate of drug-likeness (QED) is 0.310. The Bertz CT molecular complexity index is 145. The van der Waals surface area contributed by atoms with Gasteiger partial charge in [-0.1, -0.05) is 6.58 Å². The minimum Gasteiger partial charge on any atom is -0.430 e. The molecule has 0 bridgehead atoms. The number of hydrogen-bond donors (Lipinski definition) is 2. The number of aliphatic hydroxyl groups excluding tert-OH is 2. The highest BCUT2D eigenvalue weighted by Gasteiger charge is 2.10. The van der Waals surface area contributed by atoms with Crippen LogP contribution in [0.2, 0.25) is 0 Å². The summed E-state index contributed by atoms with van der Waals surface area (Å²) in [7, 11) is 0. The van der Waals surface area contributed by atoms with E-state index in [0.29, 0.717) is 0 Å². The van der Waals surface area contributed by atoms with Gasteiger partial charge in [0.15, 0.2) is 0 Å². The van der Waals surface area contributed by atoms with Crippen molar-refractivity contribution in [3.05, 3.63) is 12.7 Å². The number of hydrogen-bond acceptors (Lipinski definition) is 5. The van der Waals surface area contributed by atoms with E-state index in [1.807, 2.05) is 0 Å². The smallest absolute Gasteiger partial charge is 0.332 e. The maximum atomic E-state index is 10.6. The van der Waals surface area contributed by atoms with E-state index in [2.05, 4.69) is 11.3 Å². The van der Waals surface area contributed by atoms with Crippen molar-refractivity contribution in [3.8, 4) is 0 Å². The lowest BCUT2D eigenvalue weighted by Gasteiger charge is -2.13. The Morgan fingerprint density at radius 3 is 2.67 bits per heavy atom. The maximum absolute atomic E-state index is 10.6. The highest BCUT2D eigenvalue weighted by atomic mass is 16.7. The van der Waals surface area contributed by atoms with Gasteiger partial charge in [0, 0.05) is 6.08 Å². The van der Waals surface area contributed by atoms with Gasteiger partial charge in [0.25, 0.3) is 0 Å². The molecule has 12 heavy (non-hydrogen) atoms. The van der Waals surface area contributed by atoms with E-state index in [4.69, 9.17) is 14.9 Å². The third-order valence-electron chi connectivity index (χ3n) is 0.958. The van der Waals surface area contributed by atoms with Gasteiger partial charge in [-0.25, -0.2) is 4.79 Å². The number of rotatable bonds is 6. The molecule has 5 heteroatoms. The summed E-state index contributed by atoms with van der Waals surface area (Å²) in [5, 5.41) is 16.9. The van der Waals surface area contributed by atoms with Crippen LogP contribution in [-0.4, -0.2) is 42.3 Å². The van der Waals surface area contributed by atoms with E-state index in [1.165, 1.54) is 0 Å². The van der Waals surface area contributed by atoms with Gasteiger partial charge in [-0.05, 0) is 0 Å². The van der Waals surface area contributed by atoms with Crippen LogP contribution in [0, 0.1) is 0 Å². The lowest BCUT2D eigenvalue weighted by molar-refractivity contribution is -0.183. The van der Waals surface area contributed by atoms with E-state index in [9.17, 15) is 4.79 Å². The van der Waals surface area contributed by atoms with Crippen LogP contribution in [0.15, 0.2) is 12.7 Å². The van der Waals surface area contributed by atoms with E-state index in [-0.39, 0.29) is 13.2 Å². The molecule has 0 amide bonds. The zero-order valence-electron chi connectivity index (χ0n) is 6.60. The molecule has 0 saturated heterocycles. The molecular formula is C7H12O5. The van der Waals surface area contributed by atoms with Crippen LogP contribution < -0.4 is 0 Å². The molecule has 2 N–H and O–H groups in total. The Labute approximate surface area is 70.2 Å². The molecule has 0 fully saturated rings. The van der Waals surface area contributed by atoms with Gasteiger partial charge < -0.3 is 19.7 Å². The highest BCUT2D eigenvalue weighted by Crippen LogP contribution is 1.94. The van der Waals surface area contributed by atoms with Crippen molar-refractivity contribution in [1.29, 1.82) is 0 Å². The van der Waals surface area contributed by atoms with Crippen molar-refractivity contribution in [2.24, 2.45) is 0 Å². The molecule has 0 aromatic heterocycles. The monoisotopic (exact) mass is 176 g/mol. The van der Waals surface area contributed by atoms with Gasteiger partial charge in [-0.3, -0.25) is 0 Å². The number of esters is 1. The van der Waals surface area contributed by atoms with Crippen molar-refractivity contribution >= 4 is 5.97 Å². The second kappa shape index (κ2) is 6.78. The third-order valence-corrected chi connectivity index (χ3v) is 0.958. The van der Waals surface area contributed by atoms with Crippen LogP contribution in [0.5, 0.6) is 0 Å². The lowest BCUT2D eigenvalue weighted by atomic mass is 10.6. The molecule has 0 aliphatic rings. The number of carbonyl (C=O) groups is 1. The first-order valence-corrected chi connectivity index (χ1v) is 3.41. The number of carbonyl (C=O) groups excluding carboxylic acids is 1. The summed E-state index contributed by atoms with van der Waals surface area (Å²) in [6, 6.07) is 0. The largest absolute Gasteiger partial charge is 0.430 e. The molecule has 0 aromatic carbocycles. The summed E-state index contributed by atoms with van der Waals surface area (Å²) in [6.45, 7) is 2.54. The second-order valence-electron chi connectivity index (χ2n) is 1.85. The van der Waals surface area contributed by atoms with Crippen LogP contribution in [0.25, 0.3) is 0 Å². The standard InChI is InChI=1S/C7H12O5/c1-2-6(10)12-7(5-9)11-4-3-8/h2,7-9H,1,3-5H2. The Morgan fingerprint density at radius 2 is 2.25 bits per heavy atom. The molecule has 0 spiro atoms. The summed E-state index contributed by atoms with van der Waals surface area (Å²) in [5.74, 6) is -0.674. The molecule has 0 saturated carbocycles. The van der Waals surface area contributed by atoms with E-state index in [1.54, 1.807) is 0 Å². The summed E-state index contributed by atoms with van der Waals surface area (Å²) in [5.41, 5.74) is 0. The molecule has 5 nitrogen and oxygen atoms in total. The molecule has 70 valence electrons. The minimum absolute atomic E-state index is 0.00957. The first-order chi connectivity index (χ1) is 5.74. The van der Waals surface area contributed by atoms with E-state index < -0.39 is 18.9 Å². The maximum Gasteiger partial charge on any atom is 0.332 e. The van der Waals surface area contributed by atoms with E-state index >= 15 is 0 Å². The first-order valence-electron chi connectivity index (χ1n) is 3.41. The van der Waals surface area contributed by atoms with Crippen LogP contribution >= 0.6 is 0 Å². The number of ether oxygens (including phenoxy) is 2. The predicted octanol–water partition coefficient (Wildman–Crippen LogP) is -0.957. The summed E-state index contributed by atoms with van der Waals surface area (Å²) in [4.78, 5) is 10.6. The average Bonchev–Trinajstić information content (AvgIpc) is 2.11. The topological polar surface area (TPSA) is 76.0 Å². The zero-order chi connectivity index (χ0) is 9.40. The predicted molar refractivity (Wildman–Crippen MR) is 40.2 cm³/mol. The summed E-state index contributed by atoms with van der Waals surface area (Å²) >= 11 is 0. The molecule has 1 unspecified atom stereocenters. The SMILES string of the molecule is C=CC(=O)OC(CO)OCCO. The van der Waals surface area contributed by atoms with Gasteiger partial charge in [0.2, 0.25) is 6.29 Å². The minimum atomic E-state index is -1.03. The zero-order valence-corrected chi connectivity index (χ0v) is 6.60. The van der Waals surface area contributed by atoms with Gasteiger partial charge in [0.1, 0.15) is 6.61 Å². The highest BCUT2D eigenvalue weighted by molar-refractivity contribution is 5.81. The fourth-order valence-electron chi connectivity index (χ4n) is 0.486. The van der Waals surface area contributed by atoms with Crippen molar-refractivity contribution < 1.29 is 24.5 Å². The molecule has 1 atom stereocenters. The number of aliphatic hydroxyl groups is 2. The Hall–Kier alpha value is -0.910. The Balaban J connectivity index is 3.66. The summed E-state index contributed by atoms with van der Waals surface area (Å²) in [6.07, 6.45) is -0.0621. The van der Waals surface area contributed by atoms with Gasteiger partial charge in [-0.15, -0.1) is 0 Å². The van der Waals surface area contributed by atoms with Crippen LogP contribution in [-0.2, 0) is 14.3 Å². The fourth-order valence-corrected chi connectivity index (χ4v) is 0.486. The summed E-state index contributed by atoms with van der Waals surface area (Å²) < 4.78 is 9.23. The van der Waals surface area contributed by atoms with Crippen molar-refractivity contribution in [2.45, 2.75) is 6.29 Å². The molecular weight excluding hydrogens is 164 g/mol. The van der Waals surface area contributed by atoms with Crippen LogP contribution in [0.1, 0.15) is 0 Å². The van der Waals surface area contributed by atoms with Crippen LogP contribution in [0.4, 0.5) is 0 Å². The Morgan fingerprint density at radius 1 is 1.58 bits per heavy atom.